The van der Waals surface area contributed by atoms with E-state index in [0.717, 1.165) is 57.1 Å². The maximum absolute atomic E-state index is 13.7. The van der Waals surface area contributed by atoms with Crippen molar-refractivity contribution in [3.8, 4) is 80.5 Å². The molecule has 0 radical (unpaired) electrons. The molecule has 10 aromatic carbocycles. The van der Waals surface area contributed by atoms with E-state index in [1.807, 2.05) is 94.4 Å². The number of nitrogens with zero attached hydrogens (tertiary/aromatic N) is 1. The fourth-order valence-corrected chi connectivity index (χ4v) is 14.1. The van der Waals surface area contributed by atoms with Gasteiger partial charge in [-0.05, 0) is 299 Å². The second-order valence-electron chi connectivity index (χ2n) is 35.5. The molecular formula is C114H136BrNO31. The minimum atomic E-state index is -1.32. The number of aldehydes is 1. The van der Waals surface area contributed by atoms with Gasteiger partial charge < -0.3 is 107 Å². The number of alkyl halides is 1. The van der Waals surface area contributed by atoms with Crippen LogP contribution >= 0.6 is 15.9 Å². The zero-order chi connectivity index (χ0) is 109. The normalized spacial score (nSPS) is 12.4. The van der Waals surface area contributed by atoms with Crippen LogP contribution in [0.25, 0.3) is 6.08 Å². The minimum absolute atomic E-state index is 0.0316. The first kappa shape index (κ1) is 122. The van der Waals surface area contributed by atoms with E-state index in [0.29, 0.717) is 138 Å². The summed E-state index contributed by atoms with van der Waals surface area (Å²) in [6, 6.07) is 59.7. The quantitative estimate of drug-likeness (QED) is 0.00395. The number of carbonyl (C=O) groups is 10. The van der Waals surface area contributed by atoms with Crippen molar-refractivity contribution in [1.82, 2.24) is 4.90 Å². The number of piperidine rings is 1. The Kier molecular flexibility index (Phi) is 52.0. The first-order chi connectivity index (χ1) is 69.8. The van der Waals surface area contributed by atoms with Crippen molar-refractivity contribution in [3.63, 3.8) is 0 Å². The molecule has 2 unspecified atom stereocenters. The van der Waals surface area contributed by atoms with E-state index in [2.05, 4.69) is 22.5 Å². The predicted molar refractivity (Wildman–Crippen MR) is 559 cm³/mol. The zero-order valence-corrected chi connectivity index (χ0v) is 88.2. The highest BCUT2D eigenvalue weighted by Crippen LogP contribution is 2.37. The first-order valence-electron chi connectivity index (χ1n) is 46.8. The third-order valence-corrected chi connectivity index (χ3v) is 21.9. The number of benzene rings is 10. The van der Waals surface area contributed by atoms with Gasteiger partial charge in [0.15, 0.2) is 70.8 Å². The number of carbonyl (C=O) groups excluding carboxylic acids is 9. The molecule has 1 heterocycles. The lowest BCUT2D eigenvalue weighted by Crippen LogP contribution is -2.53. The van der Waals surface area contributed by atoms with Gasteiger partial charge in [0.05, 0.1) is 81.6 Å². The van der Waals surface area contributed by atoms with Gasteiger partial charge in [0.25, 0.3) is 5.91 Å². The molecule has 11 rings (SSSR count). The summed E-state index contributed by atoms with van der Waals surface area (Å²) in [6.45, 7) is 19.8. The SMILES string of the molecule is C=CC(=O)OCC(C)(C)C(=O)C(=O)N1CCCC[C@H]1C(=O)O[C@H](CCc1ccc(C)c(OC)c1)c1cccc(OCC(=O)O)c1.CC(=O)c1cccc(O)c1.CC(C)(C)OC(=O)CBr.COc1ccc(/C=C/C(=O)c2cccc(O)c2)cc1OC.COc1ccc(C=O)cc1OC.COc1ccc(CCC(O)c2cccc(O)c2)cc1OC.COc1ccc(CCC(O)c2cccc(OCC(=O)OC(C)(C)C)c2)cc1OC. The molecule has 0 aliphatic carbocycles. The monoisotopic (exact) mass is 2090 g/mol. The van der Waals surface area contributed by atoms with Crippen LogP contribution in [0.3, 0.4) is 0 Å². The van der Waals surface area contributed by atoms with E-state index >= 15 is 0 Å². The highest BCUT2D eigenvalue weighted by molar-refractivity contribution is 9.09. The van der Waals surface area contributed by atoms with Gasteiger partial charge in [-0.25, -0.2) is 19.2 Å². The molecular weight excluding hydrogens is 1960 g/mol. The topological polar surface area (TPSA) is 434 Å². The number of rotatable bonds is 40. The molecule has 0 spiro atoms. The van der Waals surface area contributed by atoms with Gasteiger partial charge in [0.2, 0.25) is 5.78 Å². The number of ether oxygens (including phenoxy) is 15. The number of halogens is 1. The van der Waals surface area contributed by atoms with Crippen LogP contribution in [0.5, 0.6) is 80.5 Å². The molecule has 147 heavy (non-hydrogen) atoms. The highest BCUT2D eigenvalue weighted by Gasteiger charge is 2.43. The predicted octanol–water partition coefficient (Wildman–Crippen LogP) is 19.7. The first-order valence-corrected chi connectivity index (χ1v) is 47.9. The number of aliphatic carboxylic acids is 1. The summed E-state index contributed by atoms with van der Waals surface area (Å²) < 4.78 is 78.9. The van der Waals surface area contributed by atoms with Crippen LogP contribution < -0.4 is 52.1 Å². The van der Waals surface area contributed by atoms with Crippen LogP contribution in [0.2, 0.25) is 0 Å². The molecule has 1 aliphatic heterocycles. The molecule has 32 nitrogen and oxygen atoms in total. The van der Waals surface area contributed by atoms with Crippen molar-refractivity contribution in [2.75, 3.05) is 95.7 Å². The summed E-state index contributed by atoms with van der Waals surface area (Å²) >= 11 is 2.99. The van der Waals surface area contributed by atoms with E-state index in [1.165, 1.54) is 63.1 Å². The lowest BCUT2D eigenvalue weighted by atomic mass is 9.87. The number of carboxylic acid groups (broad SMARTS) is 1. The number of hydrogen-bond donors (Lipinski definition) is 6. The minimum Gasteiger partial charge on any atom is -0.508 e. The van der Waals surface area contributed by atoms with Crippen LogP contribution in [-0.2, 0) is 71.8 Å². The number of aryl methyl sites for hydroxylation is 4. The van der Waals surface area contributed by atoms with Crippen molar-refractivity contribution >= 4 is 81.4 Å². The third-order valence-electron chi connectivity index (χ3n) is 21.5. The van der Waals surface area contributed by atoms with E-state index in [-0.39, 0.29) is 65.5 Å². The number of hydrogen-bond acceptors (Lipinski definition) is 30. The van der Waals surface area contributed by atoms with E-state index in [1.54, 1.807) is 205 Å². The van der Waals surface area contributed by atoms with E-state index in [4.69, 9.17) is 81.3 Å². The fraction of sp³-hybridized carbons (Fsp3) is 0.351. The van der Waals surface area contributed by atoms with Gasteiger partial charge in [0.1, 0.15) is 76.1 Å². The van der Waals surface area contributed by atoms with E-state index in [9.17, 15) is 68.4 Å². The number of aliphatic hydroxyl groups excluding tert-OH is 2. The largest absolute Gasteiger partial charge is 0.508 e. The lowest BCUT2D eigenvalue weighted by Gasteiger charge is -2.36. The van der Waals surface area contributed by atoms with Crippen molar-refractivity contribution in [1.29, 1.82) is 0 Å². The summed E-state index contributed by atoms with van der Waals surface area (Å²) in [6.07, 6.45) is 7.77. The number of likely N-dealkylation sites (tertiary alicyclic amines) is 1. The average Bonchev–Trinajstić information content (AvgIpc) is 0.800. The number of aromatic hydroxyl groups is 3. The smallest absolute Gasteiger partial charge is 0.344 e. The molecule has 790 valence electrons. The van der Waals surface area contributed by atoms with E-state index < -0.39 is 77.5 Å². The Balaban J connectivity index is 0.000000323. The van der Waals surface area contributed by atoms with Crippen molar-refractivity contribution in [2.45, 2.75) is 163 Å². The van der Waals surface area contributed by atoms with Crippen LogP contribution in [0.1, 0.15) is 195 Å². The summed E-state index contributed by atoms with van der Waals surface area (Å²) in [7, 11) is 14.2. The van der Waals surface area contributed by atoms with Gasteiger partial charge in [0, 0.05) is 29.3 Å². The Morgan fingerprint density at radius 3 is 1.35 bits per heavy atom. The molecule has 1 fully saturated rings. The molecule has 0 saturated carbocycles. The third kappa shape index (κ3) is 43.7. The van der Waals surface area contributed by atoms with Crippen LogP contribution in [-0.4, -0.2) is 208 Å². The van der Waals surface area contributed by atoms with Crippen LogP contribution in [0.15, 0.2) is 231 Å². The molecule has 6 N–H and O–H groups in total. The number of methoxy groups -OCH3 is 9. The maximum Gasteiger partial charge on any atom is 0.344 e. The number of Topliss-reactive ketones (excluding diaryl/α,β-unsaturated/α-hetero) is 2. The number of aliphatic hydroxyl groups is 2. The standard InChI is InChI=1S/C34H41NO10.C23H30O6.C17H20O4.C17H16O4.C9H10O3.C8H8O2.C6H11BrO2/c1-6-30(38)44-21-34(3,4)31(39)32(40)35-17-8-7-12-26(35)33(41)45-27(16-15-23-14-13-22(2)28(18-23)42-5)24-10-9-11-25(19-24)43-20-29(36)37;1-23(2,3)29-22(25)15-28-18-8-6-7-17(14-18)19(24)11-9-16-10-12-20(26-4)21(13-16)27-5;2*1-20-16-9-7-12(10-17(16)21-2)6-8-15(19)13-4-3-5-14(18)11-13;1-11-8-4-3-7(6-10)5-9(8)12-2;1-6(9)7-3-2-4-8(10)5-7;1-6(2,3)9-5(8)4-7/h6,9-11,13-14,18-19,26-27H,1,7-8,12,15-17,20-21H2,2-5H3,(H,36,37);6-8,10,12-14,19,24H,9,11,15H2,1-5H3;3-5,7,9-11,15,18-19H,6,8H2,1-2H3;3-11,18H,1-2H3;3-6H,1-2H3;2-5,10H,1H3;4H2,1-3H3/b;;;8-6+;;;/t26-,27+;;;;;;/m0....../s1. The molecule has 0 aromatic heterocycles. The Morgan fingerprint density at radius 1 is 0.469 bits per heavy atom. The number of amides is 1. The van der Waals surface area contributed by atoms with Gasteiger partial charge in [-0.15, -0.1) is 0 Å². The molecule has 0 bridgehead atoms. The average molecular weight is 2100 g/mol. The molecule has 1 saturated heterocycles. The molecule has 33 heteroatoms. The summed E-state index contributed by atoms with van der Waals surface area (Å²) in [5, 5.41) is 57.7. The Morgan fingerprint density at radius 2 is 0.891 bits per heavy atom. The molecule has 1 amide bonds. The lowest BCUT2D eigenvalue weighted by molar-refractivity contribution is -0.165. The molecule has 10 aromatic rings. The number of ketones is 3. The zero-order valence-electron chi connectivity index (χ0n) is 86.6. The second kappa shape index (κ2) is 62.5. The Labute approximate surface area is 867 Å². The van der Waals surface area contributed by atoms with Crippen LogP contribution in [0.4, 0.5) is 0 Å². The van der Waals surface area contributed by atoms with Gasteiger partial charge in [-0.2, -0.15) is 0 Å². The van der Waals surface area contributed by atoms with Crippen LogP contribution in [0, 0.1) is 12.3 Å². The van der Waals surface area contributed by atoms with Crippen molar-refractivity contribution in [3.05, 3.63) is 292 Å². The number of phenols is 3. The number of carboxylic acids is 1. The van der Waals surface area contributed by atoms with Gasteiger partial charge >= 0.3 is 29.8 Å². The number of allylic oxidation sites excluding steroid dienone is 1. The Hall–Kier alpha value is -15.2. The summed E-state index contributed by atoms with van der Waals surface area (Å²) in [5.41, 5.74) is 6.21. The van der Waals surface area contributed by atoms with Gasteiger partial charge in [-0.1, -0.05) is 120 Å². The molecule has 1 aliphatic rings. The molecule has 4 atom stereocenters. The summed E-state index contributed by atoms with van der Waals surface area (Å²) in [4.78, 5) is 120. The summed E-state index contributed by atoms with van der Waals surface area (Å²) in [5.74, 6) is 2.06. The Bertz CT molecular complexity index is 5990. The maximum atomic E-state index is 13.7. The van der Waals surface area contributed by atoms with Gasteiger partial charge in [-0.3, -0.25) is 28.8 Å². The number of esters is 4. The van der Waals surface area contributed by atoms with Crippen molar-refractivity contribution in [2.24, 2.45) is 5.41 Å². The van der Waals surface area contributed by atoms with Crippen molar-refractivity contribution < 1.29 is 150 Å². The second-order valence-corrected chi connectivity index (χ2v) is 36.1. The highest BCUT2D eigenvalue weighted by atomic mass is 79.9. The number of phenolic OH excluding ortho intramolecular Hbond substituents is 3. The fourth-order valence-electron chi connectivity index (χ4n) is 14.0.